The fraction of sp³-hybridized carbons (Fsp3) is 0.118. The van der Waals surface area contributed by atoms with Crippen molar-refractivity contribution >= 4 is 37.8 Å². The van der Waals surface area contributed by atoms with E-state index in [1.807, 2.05) is 25.1 Å². The third kappa shape index (κ3) is 5.48. The van der Waals surface area contributed by atoms with Crippen LogP contribution in [-0.4, -0.2) is 23.6 Å². The molecule has 0 fully saturated rings. The van der Waals surface area contributed by atoms with Gasteiger partial charge in [-0.05, 0) is 48.4 Å². The molecule has 0 spiro atoms. The molecule has 3 rings (SSSR count). The summed E-state index contributed by atoms with van der Waals surface area (Å²) in [6.07, 6.45) is 1.49. The van der Waals surface area contributed by atoms with Crippen LogP contribution in [0, 0.1) is 6.92 Å². The summed E-state index contributed by atoms with van der Waals surface area (Å²) in [4.78, 5) is 28.3. The molecule has 0 amide bonds. The number of aromatic amines is 1. The van der Waals surface area contributed by atoms with E-state index < -0.39 is 15.3 Å². The second kappa shape index (κ2) is 8.22. The van der Waals surface area contributed by atoms with Crippen LogP contribution in [0.1, 0.15) is 11.1 Å². The molecule has 0 atom stereocenters. The van der Waals surface area contributed by atoms with Crippen molar-refractivity contribution in [1.82, 2.24) is 9.97 Å². The van der Waals surface area contributed by atoms with Crippen molar-refractivity contribution in [2.24, 2.45) is 5.14 Å². The van der Waals surface area contributed by atoms with E-state index in [1.165, 1.54) is 30.6 Å². The van der Waals surface area contributed by atoms with Crippen LogP contribution in [0.3, 0.4) is 0 Å². The highest BCUT2D eigenvalue weighted by Gasteiger charge is 2.07. The SMILES string of the molecule is Cc1ccc2nc[nH]c(=O)c2c1.NS(=O)(=O)c1ccc(CC(=O)Cl)cc1. The van der Waals surface area contributed by atoms with Gasteiger partial charge in [-0.2, -0.15) is 0 Å². The molecule has 1 heterocycles. The van der Waals surface area contributed by atoms with Gasteiger partial charge in [0.2, 0.25) is 15.3 Å². The van der Waals surface area contributed by atoms with Gasteiger partial charge in [0.05, 0.1) is 22.1 Å². The van der Waals surface area contributed by atoms with Crippen LogP contribution in [0.5, 0.6) is 0 Å². The van der Waals surface area contributed by atoms with E-state index >= 15 is 0 Å². The largest absolute Gasteiger partial charge is 0.313 e. The minimum absolute atomic E-state index is 0.0169. The molecule has 3 aromatic rings. The van der Waals surface area contributed by atoms with Gasteiger partial charge in [0, 0.05) is 6.42 Å². The predicted octanol–water partition coefficient (Wildman–Crippen LogP) is 1.87. The van der Waals surface area contributed by atoms with Gasteiger partial charge in [0.1, 0.15) is 0 Å². The molecule has 0 aliphatic rings. The van der Waals surface area contributed by atoms with E-state index in [2.05, 4.69) is 9.97 Å². The van der Waals surface area contributed by atoms with E-state index in [-0.39, 0.29) is 16.9 Å². The number of aryl methyl sites for hydroxylation is 1. The first-order valence-electron chi connectivity index (χ1n) is 7.41. The lowest BCUT2D eigenvalue weighted by atomic mass is 10.2. The van der Waals surface area contributed by atoms with Crippen molar-refractivity contribution < 1.29 is 13.2 Å². The van der Waals surface area contributed by atoms with Gasteiger partial charge in [-0.15, -0.1) is 0 Å². The molecule has 0 aliphatic carbocycles. The Morgan fingerprint density at radius 2 is 1.85 bits per heavy atom. The summed E-state index contributed by atoms with van der Waals surface area (Å²) in [6.45, 7) is 1.95. The lowest BCUT2D eigenvalue weighted by molar-refractivity contribution is -0.111. The molecule has 0 unspecified atom stereocenters. The molecule has 0 radical (unpaired) electrons. The van der Waals surface area contributed by atoms with Crippen LogP contribution in [0.25, 0.3) is 10.9 Å². The maximum absolute atomic E-state index is 11.2. The number of primary sulfonamides is 1. The zero-order valence-corrected chi connectivity index (χ0v) is 15.3. The minimum atomic E-state index is -3.67. The highest BCUT2D eigenvalue weighted by Crippen LogP contribution is 2.10. The van der Waals surface area contributed by atoms with E-state index in [0.29, 0.717) is 10.9 Å². The second-order valence-electron chi connectivity index (χ2n) is 5.47. The maximum atomic E-state index is 11.2. The first-order chi connectivity index (χ1) is 12.2. The average Bonchev–Trinajstić information content (AvgIpc) is 2.55. The molecule has 136 valence electrons. The first-order valence-corrected chi connectivity index (χ1v) is 9.33. The van der Waals surface area contributed by atoms with Crippen molar-refractivity contribution in [1.29, 1.82) is 0 Å². The van der Waals surface area contributed by atoms with Crippen molar-refractivity contribution in [3.63, 3.8) is 0 Å². The number of rotatable bonds is 3. The normalized spacial score (nSPS) is 10.9. The minimum Gasteiger partial charge on any atom is -0.313 e. The summed E-state index contributed by atoms with van der Waals surface area (Å²) >= 11 is 5.16. The molecule has 0 saturated heterocycles. The Morgan fingerprint density at radius 1 is 1.19 bits per heavy atom. The Balaban J connectivity index is 0.000000189. The number of carbonyl (C=O) groups is 1. The summed E-state index contributed by atoms with van der Waals surface area (Å²) in [7, 11) is -3.67. The molecule has 0 aliphatic heterocycles. The Bertz CT molecular complexity index is 1090. The summed E-state index contributed by atoms with van der Waals surface area (Å²) in [5.41, 5.74) is 2.38. The Kier molecular flexibility index (Phi) is 6.25. The third-order valence-electron chi connectivity index (χ3n) is 3.39. The zero-order chi connectivity index (χ0) is 19.3. The molecule has 26 heavy (non-hydrogen) atoms. The fourth-order valence-corrected chi connectivity index (χ4v) is 2.81. The first kappa shape index (κ1) is 19.8. The number of halogens is 1. The van der Waals surface area contributed by atoms with Crippen LogP contribution in [0.4, 0.5) is 0 Å². The number of sulfonamides is 1. The van der Waals surface area contributed by atoms with Gasteiger partial charge in [-0.25, -0.2) is 18.5 Å². The van der Waals surface area contributed by atoms with Crippen molar-refractivity contribution in [3.8, 4) is 0 Å². The Morgan fingerprint density at radius 3 is 2.42 bits per heavy atom. The highest BCUT2D eigenvalue weighted by molar-refractivity contribution is 7.89. The van der Waals surface area contributed by atoms with Crippen LogP contribution >= 0.6 is 11.6 Å². The molecule has 9 heteroatoms. The summed E-state index contributed by atoms with van der Waals surface area (Å²) < 4.78 is 21.7. The zero-order valence-electron chi connectivity index (χ0n) is 13.8. The number of carbonyl (C=O) groups excluding carboxylic acids is 1. The molecule has 0 bridgehead atoms. The molecule has 1 aromatic heterocycles. The summed E-state index contributed by atoms with van der Waals surface area (Å²) in [5.74, 6) is 0. The maximum Gasteiger partial charge on any atom is 0.258 e. The molecule has 3 N–H and O–H groups in total. The van der Waals surface area contributed by atoms with Gasteiger partial charge in [-0.1, -0.05) is 23.8 Å². The Labute approximate surface area is 154 Å². The third-order valence-corrected chi connectivity index (χ3v) is 4.45. The molecule has 2 aromatic carbocycles. The van der Waals surface area contributed by atoms with Crippen molar-refractivity contribution in [3.05, 3.63) is 70.3 Å². The lowest BCUT2D eigenvalue weighted by Crippen LogP contribution is -2.12. The summed E-state index contributed by atoms with van der Waals surface area (Å²) in [6, 6.07) is 11.3. The van der Waals surface area contributed by atoms with Crippen LogP contribution in [0.15, 0.2) is 58.5 Å². The van der Waals surface area contributed by atoms with Gasteiger partial charge in [-0.3, -0.25) is 9.59 Å². The smallest absolute Gasteiger partial charge is 0.258 e. The average molecular weight is 394 g/mol. The van der Waals surface area contributed by atoms with Gasteiger partial charge < -0.3 is 4.98 Å². The topological polar surface area (TPSA) is 123 Å². The monoisotopic (exact) mass is 393 g/mol. The highest BCUT2D eigenvalue weighted by atomic mass is 35.5. The number of nitrogens with zero attached hydrogens (tertiary/aromatic N) is 1. The number of aromatic nitrogens is 2. The Hall–Kier alpha value is -2.55. The number of nitrogens with two attached hydrogens (primary N) is 1. The fourth-order valence-electron chi connectivity index (χ4n) is 2.14. The molecular weight excluding hydrogens is 378 g/mol. The van der Waals surface area contributed by atoms with Gasteiger partial charge in [0.15, 0.2) is 0 Å². The van der Waals surface area contributed by atoms with E-state index in [9.17, 15) is 18.0 Å². The van der Waals surface area contributed by atoms with Crippen molar-refractivity contribution in [2.45, 2.75) is 18.2 Å². The molecule has 7 nitrogen and oxygen atoms in total. The van der Waals surface area contributed by atoms with Crippen LogP contribution < -0.4 is 10.7 Å². The summed E-state index contributed by atoms with van der Waals surface area (Å²) in [5, 5.41) is 5.05. The lowest BCUT2D eigenvalue weighted by Gasteiger charge is -1.99. The van der Waals surface area contributed by atoms with E-state index in [4.69, 9.17) is 16.7 Å². The predicted molar refractivity (Wildman–Crippen MR) is 99.5 cm³/mol. The van der Waals surface area contributed by atoms with Crippen LogP contribution in [-0.2, 0) is 21.2 Å². The number of fused-ring (bicyclic) bond motifs is 1. The number of hydrogen-bond donors (Lipinski definition) is 2. The number of benzene rings is 2. The quantitative estimate of drug-likeness (QED) is 0.657. The van der Waals surface area contributed by atoms with Gasteiger partial charge >= 0.3 is 0 Å². The van der Waals surface area contributed by atoms with Crippen LogP contribution in [0.2, 0.25) is 0 Å². The van der Waals surface area contributed by atoms with E-state index in [1.54, 1.807) is 0 Å². The van der Waals surface area contributed by atoms with Gasteiger partial charge in [0.25, 0.3) is 5.56 Å². The number of hydrogen-bond acceptors (Lipinski definition) is 5. The second-order valence-corrected chi connectivity index (χ2v) is 7.46. The standard InChI is InChI=1S/C9H8N2O.C8H8ClNO3S/c1-6-2-3-8-7(4-6)9(12)11-5-10-8;9-8(11)5-6-1-3-7(4-2-6)14(10,12)13/h2-5H,1H3,(H,10,11,12);1-4H,5H2,(H2,10,12,13). The van der Waals surface area contributed by atoms with E-state index in [0.717, 1.165) is 11.1 Å². The van der Waals surface area contributed by atoms with Crippen molar-refractivity contribution in [2.75, 3.05) is 0 Å². The number of nitrogens with one attached hydrogen (secondary N) is 1. The number of H-pyrrole nitrogens is 1. The molecular formula is C17H16ClN3O4S. The molecule has 0 saturated carbocycles.